The number of nitrogens with one attached hydrogen (secondary N) is 4. The third kappa shape index (κ3) is 23.3. The van der Waals surface area contributed by atoms with Crippen molar-refractivity contribution in [1.82, 2.24) is 21.3 Å². The lowest BCUT2D eigenvalue weighted by molar-refractivity contribution is -0.123. The number of ether oxygens (including phenoxy) is 4. The lowest BCUT2D eigenvalue weighted by atomic mass is 10.0. The van der Waals surface area contributed by atoms with Gasteiger partial charge in [0.1, 0.15) is 5.78 Å². The van der Waals surface area contributed by atoms with E-state index >= 15 is 0 Å². The first-order valence-electron chi connectivity index (χ1n) is 16.8. The highest BCUT2D eigenvalue weighted by Crippen LogP contribution is 2.30. The molecule has 13 nitrogen and oxygen atoms in total. The molecule has 1 fully saturated rings. The lowest BCUT2D eigenvalue weighted by Crippen LogP contribution is -2.34. The Morgan fingerprint density at radius 2 is 1.43 bits per heavy atom. The van der Waals surface area contributed by atoms with Gasteiger partial charge in [0, 0.05) is 49.4 Å². The number of nitrogens with zero attached hydrogens (tertiary/aromatic N) is 1. The number of aliphatic imine (C=N–C) groups is 1. The van der Waals surface area contributed by atoms with Crippen LogP contribution < -0.4 is 21.3 Å². The molecular weight excluding hydrogens is 614 g/mol. The zero-order valence-corrected chi connectivity index (χ0v) is 28.9. The molecule has 0 saturated carbocycles. The first-order chi connectivity index (χ1) is 22.4. The third-order valence-electron chi connectivity index (χ3n) is 7.36. The predicted molar refractivity (Wildman–Crippen MR) is 182 cm³/mol. The minimum atomic E-state index is -0.361. The summed E-state index contributed by atoms with van der Waals surface area (Å²) in [7, 11) is 1.81. The summed E-state index contributed by atoms with van der Waals surface area (Å²) >= 11 is 1.87. The van der Waals surface area contributed by atoms with E-state index in [1.165, 1.54) is 0 Å². The minimum absolute atomic E-state index is 0.0352. The van der Waals surface area contributed by atoms with Gasteiger partial charge in [0.25, 0.3) is 0 Å². The highest BCUT2D eigenvalue weighted by Gasteiger charge is 2.25. The smallest absolute Gasteiger partial charge is 0.340 e. The number of urea groups is 1. The predicted octanol–water partition coefficient (Wildman–Crippen LogP) is 2.65. The Kier molecular flexibility index (Phi) is 26.5. The van der Waals surface area contributed by atoms with Crippen molar-refractivity contribution < 1.29 is 38.1 Å². The highest BCUT2D eigenvalue weighted by atomic mass is 32.2. The Morgan fingerprint density at radius 3 is 2.09 bits per heavy atom. The van der Waals surface area contributed by atoms with E-state index in [0.29, 0.717) is 90.5 Å². The van der Waals surface area contributed by atoms with Crippen LogP contribution in [0.5, 0.6) is 0 Å². The van der Waals surface area contributed by atoms with Crippen molar-refractivity contribution in [3.8, 4) is 0 Å². The Balaban J connectivity index is 1.79. The van der Waals surface area contributed by atoms with Crippen LogP contribution in [0.1, 0.15) is 77.6 Å². The normalized spacial score (nSPS) is 16.6. The first kappa shape index (κ1) is 41.9. The van der Waals surface area contributed by atoms with Gasteiger partial charge < -0.3 is 40.2 Å². The van der Waals surface area contributed by atoms with Gasteiger partial charge in [0.2, 0.25) is 11.8 Å². The summed E-state index contributed by atoms with van der Waals surface area (Å²) < 4.78 is 21.9. The molecule has 0 spiro atoms. The highest BCUT2D eigenvalue weighted by molar-refractivity contribution is 8.00. The maximum Gasteiger partial charge on any atom is 0.340 e. The molecule has 0 bridgehead atoms. The fourth-order valence-electron chi connectivity index (χ4n) is 4.84. The third-order valence-corrected chi connectivity index (χ3v) is 8.86. The fourth-order valence-corrected chi connectivity index (χ4v) is 6.27. The average Bonchev–Trinajstić information content (AvgIpc) is 3.49. The van der Waals surface area contributed by atoms with Crippen LogP contribution in [0.15, 0.2) is 4.99 Å². The maximum atomic E-state index is 12.0. The number of ketones is 1. The second kappa shape index (κ2) is 29.1. The van der Waals surface area contributed by atoms with E-state index in [0.717, 1.165) is 57.1 Å². The Labute approximate surface area is 279 Å². The fraction of sp³-hybridized carbons (Fsp3) is 0.844. The van der Waals surface area contributed by atoms with Gasteiger partial charge in [0.15, 0.2) is 0 Å². The molecule has 14 heteroatoms. The largest absolute Gasteiger partial charge is 0.379 e. The van der Waals surface area contributed by atoms with Crippen molar-refractivity contribution >= 4 is 42.1 Å². The summed E-state index contributed by atoms with van der Waals surface area (Å²) in [6.07, 6.45) is 8.60. The van der Waals surface area contributed by atoms with Crippen LogP contribution in [0.25, 0.3) is 0 Å². The van der Waals surface area contributed by atoms with Crippen molar-refractivity contribution in [3.05, 3.63) is 0 Å². The number of likely N-dealkylation sites (N-methyl/N-ethyl adjacent to an activating group) is 1. The average molecular weight is 674 g/mol. The van der Waals surface area contributed by atoms with E-state index < -0.39 is 0 Å². The van der Waals surface area contributed by atoms with Gasteiger partial charge in [-0.3, -0.25) is 14.4 Å². The van der Waals surface area contributed by atoms with Crippen molar-refractivity contribution in [2.45, 2.75) is 94.9 Å². The maximum absolute atomic E-state index is 12.0. The van der Waals surface area contributed by atoms with Crippen LogP contribution >= 0.6 is 11.8 Å². The van der Waals surface area contributed by atoms with E-state index in [9.17, 15) is 19.2 Å². The molecule has 46 heavy (non-hydrogen) atoms. The van der Waals surface area contributed by atoms with Crippen molar-refractivity contribution in [1.29, 1.82) is 0 Å². The molecule has 266 valence electrons. The van der Waals surface area contributed by atoms with Gasteiger partial charge >= 0.3 is 6.03 Å². The lowest BCUT2D eigenvalue weighted by Gasteiger charge is -2.14. The molecule has 0 aliphatic carbocycles. The SMILES string of the molecule is C=NC(=O)N[C@@H]1CS[C@H](CCCCC(=O)NCCOCCOCCOCCOCCC(=O)NCCCC[C@H](NC)C(=O)CCC)C1. The number of rotatable bonds is 30. The van der Waals surface area contributed by atoms with Gasteiger partial charge in [0.05, 0.1) is 58.9 Å². The summed E-state index contributed by atoms with van der Waals surface area (Å²) in [5.41, 5.74) is 0. The minimum Gasteiger partial charge on any atom is -0.379 e. The van der Waals surface area contributed by atoms with Gasteiger partial charge in [-0.2, -0.15) is 11.8 Å². The molecule has 3 atom stereocenters. The number of Topliss-reactive ketones (excluding diaryl/α,β-unsaturated/α-hetero) is 1. The molecule has 1 aliphatic rings. The summed E-state index contributed by atoms with van der Waals surface area (Å²) in [4.78, 5) is 50.5. The summed E-state index contributed by atoms with van der Waals surface area (Å²) in [5.74, 6) is 1.15. The topological polar surface area (TPSA) is 166 Å². The number of carbonyl (C=O) groups is 4. The van der Waals surface area contributed by atoms with Gasteiger partial charge in [-0.05, 0) is 58.7 Å². The zero-order valence-electron chi connectivity index (χ0n) is 28.1. The van der Waals surface area contributed by atoms with E-state index in [1.807, 2.05) is 25.7 Å². The molecule has 0 aromatic rings. The van der Waals surface area contributed by atoms with E-state index in [4.69, 9.17) is 18.9 Å². The second-order valence-corrected chi connectivity index (χ2v) is 12.5. The zero-order chi connectivity index (χ0) is 33.7. The standard InChI is InChI=1S/C32H59N5O8S/c1-4-9-29(38)28(33-2)11-7-8-14-35-31(40)13-16-42-18-20-44-22-23-45-21-19-43-17-15-36-30(39)12-6-5-10-27-24-26(25-46-27)37-32(41)34-3/h26-28,33H,3-25H2,1-2H3,(H,35,40)(H,36,39)(H,37,41)/t26-,27+,28-/m0/s1. The number of hydrogen-bond donors (Lipinski definition) is 4. The summed E-state index contributed by atoms with van der Waals surface area (Å²) in [6.45, 7) is 9.72. The molecule has 4 amide bonds. The number of hydrogen-bond acceptors (Lipinski definition) is 10. The molecular formula is C32H59N5O8S. The van der Waals surface area contributed by atoms with Crippen LogP contribution in [0, 0.1) is 0 Å². The monoisotopic (exact) mass is 673 g/mol. The molecule has 1 aliphatic heterocycles. The number of amides is 4. The van der Waals surface area contributed by atoms with E-state index in [-0.39, 0.29) is 35.7 Å². The van der Waals surface area contributed by atoms with E-state index in [2.05, 4.69) is 33.0 Å². The quantitative estimate of drug-likeness (QED) is 0.0658. The van der Waals surface area contributed by atoms with Gasteiger partial charge in [-0.25, -0.2) is 9.79 Å². The molecule has 0 aromatic heterocycles. The molecule has 0 unspecified atom stereocenters. The first-order valence-corrected chi connectivity index (χ1v) is 17.9. The summed E-state index contributed by atoms with van der Waals surface area (Å²) in [6, 6.07) is -0.290. The Hall–Kier alpha value is -2.10. The number of carbonyl (C=O) groups excluding carboxylic acids is 4. The van der Waals surface area contributed by atoms with Gasteiger partial charge in [-0.15, -0.1) is 0 Å². The van der Waals surface area contributed by atoms with Crippen LogP contribution in [0.3, 0.4) is 0 Å². The number of unbranched alkanes of at least 4 members (excludes halogenated alkanes) is 2. The van der Waals surface area contributed by atoms with Crippen LogP contribution in [0.4, 0.5) is 4.79 Å². The van der Waals surface area contributed by atoms with Gasteiger partial charge in [-0.1, -0.05) is 13.3 Å². The molecule has 0 radical (unpaired) electrons. The molecule has 1 saturated heterocycles. The Bertz CT molecular complexity index is 853. The van der Waals surface area contributed by atoms with Crippen molar-refractivity contribution in [2.75, 3.05) is 78.7 Å². The summed E-state index contributed by atoms with van der Waals surface area (Å²) in [5, 5.41) is 12.2. The van der Waals surface area contributed by atoms with Crippen LogP contribution in [-0.4, -0.2) is 126 Å². The van der Waals surface area contributed by atoms with Crippen molar-refractivity contribution in [2.24, 2.45) is 4.99 Å². The van der Waals surface area contributed by atoms with Crippen LogP contribution in [-0.2, 0) is 33.3 Å². The number of thioether (sulfide) groups is 1. The van der Waals surface area contributed by atoms with E-state index in [1.54, 1.807) is 0 Å². The molecule has 1 rings (SSSR count). The molecule has 0 aromatic carbocycles. The van der Waals surface area contributed by atoms with Crippen LogP contribution in [0.2, 0.25) is 0 Å². The molecule has 1 heterocycles. The second-order valence-electron chi connectivity index (χ2n) is 11.2. The Morgan fingerprint density at radius 1 is 0.804 bits per heavy atom. The molecule has 4 N–H and O–H groups in total. The van der Waals surface area contributed by atoms with Crippen molar-refractivity contribution in [3.63, 3.8) is 0 Å².